The third kappa shape index (κ3) is 5.97. The quantitative estimate of drug-likeness (QED) is 0.189. The molecule has 0 spiro atoms. The second kappa shape index (κ2) is 12.0. The number of aromatic nitrogens is 3. The van der Waals surface area contributed by atoms with E-state index >= 15 is 0 Å². The molecule has 0 atom stereocenters. The number of hydrogen-bond donors (Lipinski definition) is 2. The molecule has 4 aromatic rings. The van der Waals surface area contributed by atoms with Crippen molar-refractivity contribution < 1.29 is 14.3 Å². The number of benzene rings is 2. The minimum atomic E-state index is -0.366. The first-order chi connectivity index (χ1) is 18.4. The molecule has 3 N–H and O–H groups in total. The summed E-state index contributed by atoms with van der Waals surface area (Å²) in [6, 6.07) is 18.4. The zero-order valence-electron chi connectivity index (χ0n) is 21.7. The number of nitrogens with one attached hydrogen (secondary N) is 1. The fraction of sp³-hybridized carbons (Fsp3) is 0.250. The molecule has 0 saturated heterocycles. The van der Waals surface area contributed by atoms with Gasteiger partial charge in [0.25, 0.3) is 5.91 Å². The Labute approximate surface area is 221 Å². The van der Waals surface area contributed by atoms with Gasteiger partial charge >= 0.3 is 5.97 Å². The molecule has 0 radical (unpaired) electrons. The number of aliphatic imine (C=N–C) groups is 1. The van der Waals surface area contributed by atoms with E-state index in [-0.39, 0.29) is 31.4 Å². The third-order valence-corrected chi connectivity index (χ3v) is 6.11. The van der Waals surface area contributed by atoms with Crippen molar-refractivity contribution in [1.29, 1.82) is 0 Å². The van der Waals surface area contributed by atoms with Crippen LogP contribution in [0, 0.1) is 0 Å². The van der Waals surface area contributed by atoms with Crippen molar-refractivity contribution in [2.75, 3.05) is 30.4 Å². The molecule has 10 nitrogen and oxygen atoms in total. The number of ether oxygens (including phenoxy) is 1. The molecule has 38 heavy (non-hydrogen) atoms. The molecule has 0 aliphatic heterocycles. The van der Waals surface area contributed by atoms with Crippen molar-refractivity contribution >= 4 is 40.3 Å². The number of amides is 1. The second-order valence-corrected chi connectivity index (χ2v) is 8.53. The van der Waals surface area contributed by atoms with Crippen LogP contribution in [0.15, 0.2) is 71.9 Å². The second-order valence-electron chi connectivity index (χ2n) is 8.53. The van der Waals surface area contributed by atoms with Gasteiger partial charge in [-0.15, -0.1) is 0 Å². The Hall–Kier alpha value is -4.73. The zero-order valence-corrected chi connectivity index (χ0v) is 21.7. The number of pyridine rings is 1. The maximum Gasteiger partial charge on any atom is 0.307 e. The normalized spacial score (nSPS) is 11.4. The van der Waals surface area contributed by atoms with Crippen LogP contribution in [-0.4, -0.2) is 52.4 Å². The van der Waals surface area contributed by atoms with Gasteiger partial charge in [0.1, 0.15) is 17.5 Å². The monoisotopic (exact) mass is 513 g/mol. The van der Waals surface area contributed by atoms with Crippen molar-refractivity contribution in [3.63, 3.8) is 0 Å². The van der Waals surface area contributed by atoms with E-state index in [0.29, 0.717) is 29.3 Å². The summed E-state index contributed by atoms with van der Waals surface area (Å²) in [6.07, 6.45) is 1.68. The van der Waals surface area contributed by atoms with Gasteiger partial charge in [-0.25, -0.2) is 9.97 Å². The van der Waals surface area contributed by atoms with Gasteiger partial charge in [0.15, 0.2) is 0 Å². The molecule has 0 bridgehead atoms. The number of nitrogens with two attached hydrogens (primary N) is 1. The first-order valence-corrected chi connectivity index (χ1v) is 12.3. The number of esters is 1. The zero-order chi connectivity index (χ0) is 27.1. The molecule has 4 rings (SSSR count). The van der Waals surface area contributed by atoms with Crippen LogP contribution in [0.3, 0.4) is 0 Å². The van der Waals surface area contributed by atoms with Gasteiger partial charge in [0.2, 0.25) is 0 Å². The van der Waals surface area contributed by atoms with Crippen LogP contribution in [0.2, 0.25) is 0 Å². The Bertz CT molecular complexity index is 1450. The predicted octanol–water partition coefficient (Wildman–Crippen LogP) is 3.52. The van der Waals surface area contributed by atoms with Crippen LogP contribution in [-0.2, 0) is 23.1 Å². The lowest BCUT2D eigenvalue weighted by molar-refractivity contribution is -0.142. The fourth-order valence-electron chi connectivity index (χ4n) is 4.04. The first kappa shape index (κ1) is 26.3. The molecule has 0 aliphatic rings. The molecule has 1 amide bonds. The van der Waals surface area contributed by atoms with Gasteiger partial charge in [-0.2, -0.15) is 0 Å². The van der Waals surface area contributed by atoms with Gasteiger partial charge in [0.05, 0.1) is 30.6 Å². The van der Waals surface area contributed by atoms with E-state index in [1.807, 2.05) is 41.9 Å². The SMILES string of the molecule is CCOC(=O)CCN(C(=O)c1ccc2c(c1)nc(CNc1ccc(/C(N)=N/C)cc1)n2C)c1ccccn1. The summed E-state index contributed by atoms with van der Waals surface area (Å²) in [5.41, 5.74) is 9.70. The first-order valence-electron chi connectivity index (χ1n) is 12.3. The van der Waals surface area contributed by atoms with Crippen LogP contribution in [0.5, 0.6) is 0 Å². The Kier molecular flexibility index (Phi) is 8.32. The summed E-state index contributed by atoms with van der Waals surface area (Å²) in [5.74, 6) is 1.13. The van der Waals surface area contributed by atoms with Crippen molar-refractivity contribution in [2.24, 2.45) is 17.8 Å². The molecule has 0 aliphatic carbocycles. The molecule has 0 saturated carbocycles. The minimum absolute atomic E-state index is 0.0661. The fourth-order valence-corrected chi connectivity index (χ4v) is 4.04. The Morgan fingerprint density at radius 2 is 1.87 bits per heavy atom. The molecule has 196 valence electrons. The van der Waals surface area contributed by atoms with Gasteiger partial charge in [0, 0.05) is 43.7 Å². The van der Waals surface area contributed by atoms with Gasteiger partial charge in [-0.05, 0) is 61.5 Å². The van der Waals surface area contributed by atoms with Crippen molar-refractivity contribution in [3.05, 3.63) is 83.8 Å². The van der Waals surface area contributed by atoms with Crippen LogP contribution in [0.4, 0.5) is 11.5 Å². The maximum absolute atomic E-state index is 13.5. The Balaban J connectivity index is 1.53. The number of imidazole rings is 1. The number of hydrogen-bond acceptors (Lipinski definition) is 7. The predicted molar refractivity (Wildman–Crippen MR) is 148 cm³/mol. The Morgan fingerprint density at radius 3 is 2.55 bits per heavy atom. The summed E-state index contributed by atoms with van der Waals surface area (Å²) < 4.78 is 7.03. The molecular weight excluding hydrogens is 482 g/mol. The van der Waals surface area contributed by atoms with Crippen molar-refractivity contribution in [3.8, 4) is 0 Å². The summed E-state index contributed by atoms with van der Waals surface area (Å²) in [7, 11) is 3.60. The average molecular weight is 514 g/mol. The minimum Gasteiger partial charge on any atom is -0.466 e. The largest absolute Gasteiger partial charge is 0.466 e. The van der Waals surface area contributed by atoms with E-state index in [1.165, 1.54) is 4.90 Å². The van der Waals surface area contributed by atoms with Crippen molar-refractivity contribution in [1.82, 2.24) is 14.5 Å². The van der Waals surface area contributed by atoms with E-state index in [9.17, 15) is 9.59 Å². The van der Waals surface area contributed by atoms with E-state index in [0.717, 1.165) is 22.6 Å². The van der Waals surface area contributed by atoms with Gasteiger partial charge < -0.3 is 20.4 Å². The lowest BCUT2D eigenvalue weighted by Crippen LogP contribution is -2.34. The maximum atomic E-state index is 13.5. The van der Waals surface area contributed by atoms with Crippen LogP contribution in [0.1, 0.15) is 35.1 Å². The van der Waals surface area contributed by atoms with Crippen LogP contribution >= 0.6 is 0 Å². The van der Waals surface area contributed by atoms with E-state index in [1.54, 1.807) is 50.5 Å². The van der Waals surface area contributed by atoms with Crippen LogP contribution in [0.25, 0.3) is 11.0 Å². The number of anilines is 2. The Morgan fingerprint density at radius 1 is 1.11 bits per heavy atom. The summed E-state index contributed by atoms with van der Waals surface area (Å²) >= 11 is 0. The summed E-state index contributed by atoms with van der Waals surface area (Å²) in [5, 5.41) is 3.37. The molecule has 2 heterocycles. The molecule has 2 aromatic heterocycles. The number of fused-ring (bicyclic) bond motifs is 1. The third-order valence-electron chi connectivity index (χ3n) is 6.11. The standard InChI is InChI=1S/C28H31N7O3/c1-4-38-26(36)14-16-35(24-7-5-6-15-31-24)28(37)20-10-13-23-22(17-20)33-25(34(23)3)18-32-21-11-8-19(9-12-21)27(29)30-2/h5-13,15,17,32H,4,14,16,18H2,1-3H3,(H2,29,30). The molecule has 10 heteroatoms. The topological polar surface area (TPSA) is 128 Å². The van der Waals surface area contributed by atoms with E-state index in [4.69, 9.17) is 15.5 Å². The number of carbonyl (C=O) groups excluding carboxylic acids is 2. The highest BCUT2D eigenvalue weighted by molar-refractivity contribution is 6.07. The van der Waals surface area contributed by atoms with E-state index in [2.05, 4.69) is 15.3 Å². The highest BCUT2D eigenvalue weighted by Crippen LogP contribution is 2.21. The van der Waals surface area contributed by atoms with Crippen LogP contribution < -0.4 is 16.0 Å². The van der Waals surface area contributed by atoms with Gasteiger partial charge in [-0.3, -0.25) is 19.5 Å². The molecule has 2 aromatic carbocycles. The average Bonchev–Trinajstić information content (AvgIpc) is 3.27. The smallest absolute Gasteiger partial charge is 0.307 e. The number of nitrogens with zero attached hydrogens (tertiary/aromatic N) is 5. The van der Waals surface area contributed by atoms with Gasteiger partial charge in [-0.1, -0.05) is 6.07 Å². The summed E-state index contributed by atoms with van der Waals surface area (Å²) in [6.45, 7) is 2.68. The summed E-state index contributed by atoms with van der Waals surface area (Å²) in [4.78, 5) is 40.1. The number of carbonyl (C=O) groups is 2. The number of aryl methyl sites for hydroxylation is 1. The highest BCUT2D eigenvalue weighted by atomic mass is 16.5. The van der Waals surface area contributed by atoms with E-state index < -0.39 is 0 Å². The molecule has 0 unspecified atom stereocenters. The van der Waals surface area contributed by atoms with Crippen molar-refractivity contribution in [2.45, 2.75) is 19.9 Å². The highest BCUT2D eigenvalue weighted by Gasteiger charge is 2.21. The lowest BCUT2D eigenvalue weighted by atomic mass is 10.1. The lowest BCUT2D eigenvalue weighted by Gasteiger charge is -2.21. The number of amidine groups is 1. The molecule has 0 fully saturated rings. The number of rotatable bonds is 10. The molecular formula is C28H31N7O3.